The Hall–Kier alpha value is -2.01. The zero-order valence-electron chi connectivity index (χ0n) is 16.2. The van der Waals surface area contributed by atoms with E-state index in [1.165, 1.54) is 0 Å². The third kappa shape index (κ3) is 3.19. The van der Waals surface area contributed by atoms with Crippen LogP contribution in [0.2, 0.25) is 2.82 Å². The largest absolute Gasteiger partial charge is 0.447 e. The zero-order chi connectivity index (χ0) is 18.4. The third-order valence-electron chi connectivity index (χ3n) is 3.53. The number of likely N-dealkylation sites (N-methyl/N-ethyl adjacent to an activating group) is 1. The number of cyclic esters (lactones) is 1. The molecule has 1 fully saturated rings. The number of hydrogen-bond donors (Lipinski definition) is 2. The van der Waals surface area contributed by atoms with Gasteiger partial charge in [0.15, 0.2) is 2.82 Å². The lowest BCUT2D eigenvalue weighted by molar-refractivity contribution is 0.177. The second-order valence-corrected chi connectivity index (χ2v) is 5.52. The second-order valence-electron chi connectivity index (χ2n) is 5.52. The molecular formula is C16H21N3O2. The molecule has 5 heteroatoms. The first-order chi connectivity index (χ1) is 11.7. The summed E-state index contributed by atoms with van der Waals surface area (Å²) in [6.07, 6.45) is 0.155. The molecule has 2 aromatic rings. The number of ether oxygens (including phenoxy) is 1. The Bertz CT molecular complexity index is 823. The predicted molar refractivity (Wildman–Crippen MR) is 82.5 cm³/mol. The van der Waals surface area contributed by atoms with Gasteiger partial charge in [0.2, 0.25) is 0 Å². The minimum atomic E-state index is -1.46. The molecule has 1 amide bonds. The number of aromatic nitrogens is 1. The summed E-state index contributed by atoms with van der Waals surface area (Å²) in [6, 6.07) is 3.93. The number of nitrogens with zero attached hydrogens (tertiary/aromatic N) is 1. The van der Waals surface area contributed by atoms with Crippen molar-refractivity contribution >= 4 is 17.0 Å². The van der Waals surface area contributed by atoms with Gasteiger partial charge in [-0.2, -0.15) is 0 Å². The summed E-state index contributed by atoms with van der Waals surface area (Å²) in [7, 11) is 3.91. The van der Waals surface area contributed by atoms with Crippen molar-refractivity contribution in [1.82, 2.24) is 15.2 Å². The normalized spacial score (nSPS) is 24.9. The van der Waals surface area contributed by atoms with Crippen LogP contribution >= 0.6 is 0 Å². The number of benzene rings is 1. The number of alkyl carbamates (subject to hydrolysis) is 1. The molecule has 1 aromatic carbocycles. The first kappa shape index (κ1) is 9.84. The molecule has 5 nitrogen and oxygen atoms in total. The summed E-state index contributed by atoms with van der Waals surface area (Å²) in [5, 5.41) is 1.38. The van der Waals surface area contributed by atoms with Crippen molar-refractivity contribution in [2.24, 2.45) is 0 Å². The van der Waals surface area contributed by atoms with Gasteiger partial charge < -0.3 is 19.9 Å². The van der Waals surface area contributed by atoms with Gasteiger partial charge in [-0.15, -0.1) is 0 Å². The molecule has 0 unspecified atom stereocenters. The fraction of sp³-hybridized carbons (Fsp3) is 0.438. The summed E-state index contributed by atoms with van der Waals surface area (Å²) in [4.78, 5) is 14.5. The van der Waals surface area contributed by atoms with Crippen LogP contribution in [-0.4, -0.2) is 49.2 Å². The molecule has 0 spiro atoms. The van der Waals surface area contributed by atoms with E-state index in [-0.39, 0.29) is 19.2 Å². The zero-order valence-corrected chi connectivity index (χ0v) is 12.2. The molecule has 112 valence electrons. The van der Waals surface area contributed by atoms with Crippen molar-refractivity contribution in [3.05, 3.63) is 35.5 Å². The Morgan fingerprint density at radius 3 is 3.14 bits per heavy atom. The molecule has 0 bridgehead atoms. The molecule has 21 heavy (non-hydrogen) atoms. The maximum atomic E-state index is 11.4. The number of H-pyrrole nitrogens is 1. The molecule has 0 radical (unpaired) electrons. The van der Waals surface area contributed by atoms with E-state index in [2.05, 4.69) is 0 Å². The topological polar surface area (TPSA) is 57.4 Å². The number of aromatic amines is 1. The fourth-order valence-electron chi connectivity index (χ4n) is 2.41. The molecule has 2 N–H and O–H groups in total. The molecule has 3 rings (SSSR count). The number of hydrogen-bond acceptors (Lipinski definition) is 3. The van der Waals surface area contributed by atoms with Crippen LogP contribution in [0.15, 0.2) is 24.4 Å². The standard InChI is InChI=1S/C16H21N3O2/c1-19(2)6-5-12-9-17-15-4-3-11(8-14(12)15)7-13-10-21-16(20)18-13/h3-4,8-9,13,17H,5-7,10H2,1-2H3,(H,18,20)/t13-/m0/s1/i9D,13D/hD2. The van der Waals surface area contributed by atoms with Gasteiger partial charge in [-0.1, -0.05) is 6.07 Å². The molecule has 1 aliphatic rings. The van der Waals surface area contributed by atoms with Crippen LogP contribution in [-0.2, 0) is 17.6 Å². The average molecular weight is 291 g/mol. The van der Waals surface area contributed by atoms with Gasteiger partial charge in [0.05, 0.1) is 8.76 Å². The summed E-state index contributed by atoms with van der Waals surface area (Å²) in [6.45, 7) is 0.616. The Labute approximate surface area is 130 Å². The van der Waals surface area contributed by atoms with E-state index in [9.17, 15) is 4.79 Å². The van der Waals surface area contributed by atoms with Crippen LogP contribution in [0.5, 0.6) is 0 Å². The minimum absolute atomic E-state index is 0.149. The van der Waals surface area contributed by atoms with E-state index >= 15 is 0 Å². The summed E-state index contributed by atoms with van der Waals surface area (Å²) >= 11 is 0. The Balaban J connectivity index is 1.96. The van der Waals surface area contributed by atoms with E-state index in [1.807, 2.05) is 25.1 Å². The smallest absolute Gasteiger partial charge is 0.407 e. The fourth-order valence-corrected chi connectivity index (χ4v) is 2.41. The quantitative estimate of drug-likeness (QED) is 0.885. The SMILES string of the molecule is [2H]c1c(CCN(C)C)c2cc(C[C@@]3([2H])COC(=O)N3[2H])ccc2n1[2H]. The average Bonchev–Trinajstić information content (AvgIpc) is 2.95. The molecule has 2 heterocycles. The summed E-state index contributed by atoms with van der Waals surface area (Å²) < 4.78 is 37.0. The lowest BCUT2D eigenvalue weighted by Gasteiger charge is -2.09. The molecule has 0 saturated carbocycles. The van der Waals surface area contributed by atoms with Crippen LogP contribution in [0.3, 0.4) is 0 Å². The highest BCUT2D eigenvalue weighted by atomic mass is 16.6. The number of rotatable bonds is 5. The minimum Gasteiger partial charge on any atom is -0.447 e. The third-order valence-corrected chi connectivity index (χ3v) is 3.53. The van der Waals surface area contributed by atoms with E-state index in [0.717, 1.165) is 28.0 Å². The lowest BCUT2D eigenvalue weighted by atomic mass is 10.0. The van der Waals surface area contributed by atoms with Gasteiger partial charge in [-0.3, -0.25) is 0 Å². The van der Waals surface area contributed by atoms with E-state index in [1.54, 1.807) is 12.1 Å². The summed E-state index contributed by atoms with van der Waals surface area (Å²) in [5.74, 6) is 0. The number of nitrogens with one attached hydrogen (secondary N) is 2. The highest BCUT2D eigenvalue weighted by molar-refractivity contribution is 5.84. The Morgan fingerprint density at radius 1 is 1.57 bits per heavy atom. The van der Waals surface area contributed by atoms with Crippen molar-refractivity contribution in [3.63, 3.8) is 0 Å². The predicted octanol–water partition coefficient (Wildman–Crippen LogP) is 1.92. The lowest BCUT2D eigenvalue weighted by Crippen LogP contribution is -2.28. The molecule has 1 aliphatic heterocycles. The van der Waals surface area contributed by atoms with Gasteiger partial charge in [-0.05, 0) is 50.2 Å². The molecule has 1 aromatic heterocycles. The van der Waals surface area contributed by atoms with Crippen molar-refractivity contribution in [3.8, 4) is 0 Å². The van der Waals surface area contributed by atoms with Crippen molar-refractivity contribution in [1.29, 1.82) is 0 Å². The number of amides is 1. The van der Waals surface area contributed by atoms with Gasteiger partial charge in [0.25, 0.3) is 0 Å². The van der Waals surface area contributed by atoms with Gasteiger partial charge >= 0.3 is 6.09 Å². The van der Waals surface area contributed by atoms with Crippen LogP contribution < -0.4 is 5.31 Å². The monoisotopic (exact) mass is 291 g/mol. The number of carbonyl (C=O) groups is 1. The van der Waals surface area contributed by atoms with E-state index in [4.69, 9.17) is 10.3 Å². The van der Waals surface area contributed by atoms with Gasteiger partial charge in [0.1, 0.15) is 6.61 Å². The van der Waals surface area contributed by atoms with E-state index < -0.39 is 12.1 Å². The molecular weight excluding hydrogens is 266 g/mol. The van der Waals surface area contributed by atoms with Crippen LogP contribution in [0, 0.1) is 0 Å². The van der Waals surface area contributed by atoms with Crippen LogP contribution in [0.4, 0.5) is 4.79 Å². The highest BCUT2D eigenvalue weighted by Gasteiger charge is 2.22. The number of fused-ring (bicyclic) bond motifs is 1. The number of carbonyl (C=O) groups excluding carboxylic acids is 1. The molecule has 1 atom stereocenters. The second kappa shape index (κ2) is 5.77. The first-order valence-electron chi connectivity index (χ1n) is 8.85. The molecule has 1 saturated heterocycles. The van der Waals surface area contributed by atoms with E-state index in [0.29, 0.717) is 17.2 Å². The Morgan fingerprint density at radius 2 is 2.43 bits per heavy atom. The maximum absolute atomic E-state index is 11.4. The van der Waals surface area contributed by atoms with Gasteiger partial charge in [-0.25, -0.2) is 4.79 Å². The Kier molecular flexibility index (Phi) is 2.71. The maximum Gasteiger partial charge on any atom is 0.407 e. The van der Waals surface area contributed by atoms with Crippen molar-refractivity contribution < 1.29 is 15.1 Å². The first-order valence-corrected chi connectivity index (χ1v) is 6.95. The van der Waals surface area contributed by atoms with Crippen molar-refractivity contribution in [2.45, 2.75) is 18.9 Å². The highest BCUT2D eigenvalue weighted by Crippen LogP contribution is 2.21. The molecule has 0 aliphatic carbocycles. The van der Waals surface area contributed by atoms with Crippen LogP contribution in [0.25, 0.3) is 10.9 Å². The van der Waals surface area contributed by atoms with Crippen molar-refractivity contribution in [2.75, 3.05) is 27.2 Å². The van der Waals surface area contributed by atoms with Crippen LogP contribution in [0.1, 0.15) is 13.9 Å². The summed E-state index contributed by atoms with van der Waals surface area (Å²) in [5.41, 5.74) is 2.21. The van der Waals surface area contributed by atoms with Gasteiger partial charge in [0, 0.05) is 23.6 Å².